The Balaban J connectivity index is 1.73. The quantitative estimate of drug-likeness (QED) is 0.862. The molecule has 0 aliphatic rings. The molecule has 0 atom stereocenters. The second-order valence-corrected chi connectivity index (χ2v) is 4.55. The average Bonchev–Trinajstić information content (AvgIpc) is 2.71. The molecule has 17 heavy (non-hydrogen) atoms. The molecule has 1 heterocycles. The highest BCUT2D eigenvalue weighted by molar-refractivity contribution is 9.10. The summed E-state index contributed by atoms with van der Waals surface area (Å²) in [6.07, 6.45) is 3.72. The summed E-state index contributed by atoms with van der Waals surface area (Å²) in [4.78, 5) is 0. The second kappa shape index (κ2) is 5.72. The lowest BCUT2D eigenvalue weighted by molar-refractivity contribution is 0.332. The van der Waals surface area contributed by atoms with Crippen molar-refractivity contribution in [3.63, 3.8) is 0 Å². The topological polar surface area (TPSA) is 39.1 Å². The molecule has 5 heteroatoms. The highest BCUT2D eigenvalue weighted by Crippen LogP contribution is 2.17. The van der Waals surface area contributed by atoms with Gasteiger partial charge in [0.25, 0.3) is 0 Å². The second-order valence-electron chi connectivity index (χ2n) is 3.64. The molecule has 1 aromatic heterocycles. The van der Waals surface area contributed by atoms with Crippen LogP contribution in [0.1, 0.15) is 0 Å². The van der Waals surface area contributed by atoms with Crippen molar-refractivity contribution >= 4 is 21.6 Å². The molecule has 0 fully saturated rings. The number of hydrogen-bond donors (Lipinski definition) is 1. The highest BCUT2D eigenvalue weighted by Gasteiger charge is 1.96. The number of aryl methyl sites for hydroxylation is 1. The van der Waals surface area contributed by atoms with Gasteiger partial charge < -0.3 is 10.1 Å². The van der Waals surface area contributed by atoms with E-state index in [9.17, 15) is 0 Å². The summed E-state index contributed by atoms with van der Waals surface area (Å²) in [7, 11) is 1.89. The molecule has 0 spiro atoms. The molecular weight excluding hydrogens is 282 g/mol. The number of hydrogen-bond acceptors (Lipinski definition) is 3. The number of aromatic nitrogens is 2. The van der Waals surface area contributed by atoms with Gasteiger partial charge in [-0.2, -0.15) is 5.10 Å². The van der Waals surface area contributed by atoms with E-state index in [4.69, 9.17) is 4.74 Å². The van der Waals surface area contributed by atoms with Crippen molar-refractivity contribution in [3.8, 4) is 5.75 Å². The normalized spacial score (nSPS) is 10.2. The van der Waals surface area contributed by atoms with Gasteiger partial charge in [-0.25, -0.2) is 0 Å². The third-order valence-electron chi connectivity index (χ3n) is 2.20. The maximum Gasteiger partial charge on any atom is 0.120 e. The molecule has 0 radical (unpaired) electrons. The van der Waals surface area contributed by atoms with Gasteiger partial charge in [-0.3, -0.25) is 4.68 Å². The first kappa shape index (κ1) is 12.0. The molecule has 1 N–H and O–H groups in total. The van der Waals surface area contributed by atoms with Crippen LogP contribution in [0.5, 0.6) is 5.75 Å². The van der Waals surface area contributed by atoms with Crippen LogP contribution in [0.15, 0.2) is 41.1 Å². The minimum atomic E-state index is 0.616. The van der Waals surface area contributed by atoms with E-state index in [1.165, 1.54) is 0 Å². The Morgan fingerprint density at radius 2 is 2.35 bits per heavy atom. The zero-order valence-electron chi connectivity index (χ0n) is 9.56. The summed E-state index contributed by atoms with van der Waals surface area (Å²) in [5.74, 6) is 0.868. The molecule has 0 aliphatic carbocycles. The molecule has 0 saturated heterocycles. The van der Waals surface area contributed by atoms with Gasteiger partial charge in [0.05, 0.1) is 11.9 Å². The maximum absolute atomic E-state index is 5.60. The molecule has 0 aliphatic heterocycles. The number of nitrogens with zero attached hydrogens (tertiary/aromatic N) is 2. The van der Waals surface area contributed by atoms with E-state index in [0.29, 0.717) is 6.61 Å². The van der Waals surface area contributed by atoms with Gasteiger partial charge in [0.15, 0.2) is 0 Å². The number of nitrogens with one attached hydrogen (secondary N) is 1. The van der Waals surface area contributed by atoms with Crippen LogP contribution in [-0.2, 0) is 7.05 Å². The zero-order valence-corrected chi connectivity index (χ0v) is 11.1. The number of anilines is 1. The summed E-state index contributed by atoms with van der Waals surface area (Å²) < 4.78 is 8.38. The maximum atomic E-state index is 5.60. The third kappa shape index (κ3) is 3.78. The van der Waals surface area contributed by atoms with Crippen LogP contribution in [0.3, 0.4) is 0 Å². The van der Waals surface area contributed by atoms with E-state index in [1.807, 2.05) is 37.5 Å². The molecule has 4 nitrogen and oxygen atoms in total. The Morgan fingerprint density at radius 3 is 3.06 bits per heavy atom. The SMILES string of the molecule is Cn1cc(NCCOc2cccc(Br)c2)cn1. The van der Waals surface area contributed by atoms with E-state index in [2.05, 4.69) is 26.3 Å². The van der Waals surface area contributed by atoms with E-state index in [1.54, 1.807) is 10.9 Å². The number of ether oxygens (including phenoxy) is 1. The van der Waals surface area contributed by atoms with Crippen LogP contribution in [0.2, 0.25) is 0 Å². The van der Waals surface area contributed by atoms with E-state index in [-0.39, 0.29) is 0 Å². The van der Waals surface area contributed by atoms with Crippen LogP contribution < -0.4 is 10.1 Å². The highest BCUT2D eigenvalue weighted by atomic mass is 79.9. The van der Waals surface area contributed by atoms with Crippen LogP contribution in [-0.4, -0.2) is 22.9 Å². The first-order chi connectivity index (χ1) is 8.24. The van der Waals surface area contributed by atoms with Gasteiger partial charge in [0.2, 0.25) is 0 Å². The smallest absolute Gasteiger partial charge is 0.120 e. The van der Waals surface area contributed by atoms with Gasteiger partial charge in [-0.1, -0.05) is 22.0 Å². The third-order valence-corrected chi connectivity index (χ3v) is 2.69. The van der Waals surface area contributed by atoms with Crippen molar-refractivity contribution in [2.24, 2.45) is 7.05 Å². The van der Waals surface area contributed by atoms with E-state index >= 15 is 0 Å². The lowest BCUT2D eigenvalue weighted by atomic mass is 10.3. The van der Waals surface area contributed by atoms with Gasteiger partial charge >= 0.3 is 0 Å². The predicted molar refractivity (Wildman–Crippen MR) is 71.3 cm³/mol. The molecule has 2 rings (SSSR count). The Morgan fingerprint density at radius 1 is 1.47 bits per heavy atom. The molecule has 2 aromatic rings. The van der Waals surface area contributed by atoms with Crippen molar-refractivity contribution in [2.45, 2.75) is 0 Å². The van der Waals surface area contributed by atoms with Gasteiger partial charge in [-0.15, -0.1) is 0 Å². The van der Waals surface area contributed by atoms with Crippen LogP contribution in [0.4, 0.5) is 5.69 Å². The molecule has 0 unspecified atom stereocenters. The van der Waals surface area contributed by atoms with Gasteiger partial charge in [0, 0.05) is 24.3 Å². The Labute approximate surface area is 109 Å². The first-order valence-electron chi connectivity index (χ1n) is 5.35. The van der Waals surface area contributed by atoms with Crippen LogP contribution in [0, 0.1) is 0 Å². The molecular formula is C12H14BrN3O. The lowest BCUT2D eigenvalue weighted by Crippen LogP contribution is -2.11. The molecule has 90 valence electrons. The molecule has 0 saturated carbocycles. The van der Waals surface area contributed by atoms with Crippen molar-refractivity contribution in [2.75, 3.05) is 18.5 Å². The van der Waals surface area contributed by atoms with Crippen LogP contribution in [0.25, 0.3) is 0 Å². The molecule has 0 bridgehead atoms. The van der Waals surface area contributed by atoms with Crippen molar-refractivity contribution in [3.05, 3.63) is 41.1 Å². The standard InChI is InChI=1S/C12H14BrN3O/c1-16-9-11(8-15-16)14-5-6-17-12-4-2-3-10(13)7-12/h2-4,7-9,14H,5-6H2,1H3. The van der Waals surface area contributed by atoms with Crippen molar-refractivity contribution in [1.82, 2.24) is 9.78 Å². The van der Waals surface area contributed by atoms with E-state index in [0.717, 1.165) is 22.5 Å². The monoisotopic (exact) mass is 295 g/mol. The number of halogens is 1. The molecule has 0 amide bonds. The van der Waals surface area contributed by atoms with Crippen molar-refractivity contribution < 1.29 is 4.74 Å². The van der Waals surface area contributed by atoms with Crippen LogP contribution >= 0.6 is 15.9 Å². The largest absolute Gasteiger partial charge is 0.492 e. The number of rotatable bonds is 5. The summed E-state index contributed by atoms with van der Waals surface area (Å²) in [6.45, 7) is 1.36. The Hall–Kier alpha value is -1.49. The lowest BCUT2D eigenvalue weighted by Gasteiger charge is -2.07. The Kier molecular flexibility index (Phi) is 4.03. The summed E-state index contributed by atoms with van der Waals surface area (Å²) in [5.41, 5.74) is 1.00. The minimum Gasteiger partial charge on any atom is -0.492 e. The zero-order chi connectivity index (χ0) is 12.1. The van der Waals surface area contributed by atoms with E-state index < -0.39 is 0 Å². The first-order valence-corrected chi connectivity index (χ1v) is 6.14. The Bertz CT molecular complexity index is 484. The fraction of sp³-hybridized carbons (Fsp3) is 0.250. The molecule has 1 aromatic carbocycles. The number of benzene rings is 1. The average molecular weight is 296 g/mol. The predicted octanol–water partition coefficient (Wildman–Crippen LogP) is 2.67. The fourth-order valence-electron chi connectivity index (χ4n) is 1.43. The van der Waals surface area contributed by atoms with Gasteiger partial charge in [0.1, 0.15) is 12.4 Å². The van der Waals surface area contributed by atoms with Gasteiger partial charge in [-0.05, 0) is 18.2 Å². The minimum absolute atomic E-state index is 0.616. The fourth-order valence-corrected chi connectivity index (χ4v) is 1.81. The summed E-state index contributed by atoms with van der Waals surface area (Å²) in [5, 5.41) is 7.30. The van der Waals surface area contributed by atoms with Crippen molar-refractivity contribution in [1.29, 1.82) is 0 Å². The summed E-state index contributed by atoms with van der Waals surface area (Å²) >= 11 is 3.40. The summed E-state index contributed by atoms with van der Waals surface area (Å²) in [6, 6.07) is 7.81.